The average Bonchev–Trinajstić information content (AvgIpc) is 3.34. The number of nitrogens with one attached hydrogen (secondary N) is 1. The average molecular weight is 327 g/mol. The van der Waals surface area contributed by atoms with Gasteiger partial charge in [0.15, 0.2) is 5.82 Å². The van der Waals surface area contributed by atoms with E-state index in [2.05, 4.69) is 44.4 Å². The molecule has 2 aliphatic rings. The predicted octanol–water partition coefficient (Wildman–Crippen LogP) is 2.34. The minimum absolute atomic E-state index is 0.501. The molecule has 2 atom stereocenters. The largest absolute Gasteiger partial charge is 0.338 e. The van der Waals surface area contributed by atoms with Crippen molar-refractivity contribution in [1.29, 1.82) is 0 Å². The molecule has 0 spiro atoms. The van der Waals surface area contributed by atoms with Crippen LogP contribution in [0.5, 0.6) is 0 Å². The number of hydrogen-bond donors (Lipinski definition) is 1. The summed E-state index contributed by atoms with van der Waals surface area (Å²) in [7, 11) is 0. The van der Waals surface area contributed by atoms with Crippen molar-refractivity contribution in [1.82, 2.24) is 25.3 Å². The first-order valence-corrected chi connectivity index (χ1v) is 8.96. The van der Waals surface area contributed by atoms with Crippen molar-refractivity contribution in [2.75, 3.05) is 13.1 Å². The van der Waals surface area contributed by atoms with Crippen LogP contribution in [0.15, 0.2) is 28.9 Å². The van der Waals surface area contributed by atoms with E-state index in [0.29, 0.717) is 24.4 Å². The van der Waals surface area contributed by atoms with Gasteiger partial charge in [0.25, 0.3) is 0 Å². The van der Waals surface area contributed by atoms with E-state index < -0.39 is 0 Å². The number of nitrogens with zero attached hydrogens (tertiary/aromatic N) is 4. The van der Waals surface area contributed by atoms with Gasteiger partial charge in [0, 0.05) is 37.8 Å². The van der Waals surface area contributed by atoms with Crippen LogP contribution in [0.1, 0.15) is 49.5 Å². The molecule has 6 heteroatoms. The fraction of sp³-hybridized carbons (Fsp3) is 0.611. The van der Waals surface area contributed by atoms with Gasteiger partial charge in [0.1, 0.15) is 0 Å². The van der Waals surface area contributed by atoms with Crippen LogP contribution in [-0.2, 0) is 13.1 Å². The fourth-order valence-electron chi connectivity index (χ4n) is 3.47. The monoisotopic (exact) mass is 327 g/mol. The van der Waals surface area contributed by atoms with Crippen molar-refractivity contribution >= 4 is 0 Å². The molecule has 3 heterocycles. The lowest BCUT2D eigenvalue weighted by Crippen LogP contribution is -2.47. The van der Waals surface area contributed by atoms with Gasteiger partial charge in [-0.25, -0.2) is 0 Å². The third-order valence-electron chi connectivity index (χ3n) is 5.04. The molecule has 1 saturated carbocycles. The summed E-state index contributed by atoms with van der Waals surface area (Å²) in [6.07, 6.45) is 5.42. The molecule has 0 unspecified atom stereocenters. The molecular formula is C18H25N5O. The van der Waals surface area contributed by atoms with Gasteiger partial charge in [0.05, 0.1) is 12.2 Å². The maximum Gasteiger partial charge on any atom is 0.240 e. The Kier molecular flexibility index (Phi) is 4.58. The summed E-state index contributed by atoms with van der Waals surface area (Å²) in [5.41, 5.74) is 1.15. The number of aromatic nitrogens is 3. The lowest BCUT2D eigenvalue weighted by Gasteiger charge is -2.37. The van der Waals surface area contributed by atoms with Gasteiger partial charge in [0.2, 0.25) is 5.89 Å². The Morgan fingerprint density at radius 3 is 2.96 bits per heavy atom. The maximum absolute atomic E-state index is 5.35. The molecule has 0 radical (unpaired) electrons. The number of piperidine rings is 1. The van der Waals surface area contributed by atoms with Gasteiger partial charge in [-0.2, -0.15) is 4.98 Å². The van der Waals surface area contributed by atoms with Crippen LogP contribution in [0.25, 0.3) is 0 Å². The Hall–Kier alpha value is -1.79. The first kappa shape index (κ1) is 15.7. The zero-order valence-electron chi connectivity index (χ0n) is 14.2. The van der Waals surface area contributed by atoms with E-state index in [1.165, 1.54) is 12.8 Å². The molecule has 1 aliphatic heterocycles. The number of likely N-dealkylation sites (tertiary alicyclic amines) is 1. The van der Waals surface area contributed by atoms with Crippen LogP contribution in [0.4, 0.5) is 0 Å². The first-order chi connectivity index (χ1) is 11.8. The molecule has 128 valence electrons. The van der Waals surface area contributed by atoms with Gasteiger partial charge in [-0.05, 0) is 37.3 Å². The summed E-state index contributed by atoms with van der Waals surface area (Å²) in [6, 6.07) is 6.62. The smallest absolute Gasteiger partial charge is 0.240 e. The van der Waals surface area contributed by atoms with Gasteiger partial charge in [-0.1, -0.05) is 18.1 Å². The van der Waals surface area contributed by atoms with Crippen molar-refractivity contribution < 1.29 is 4.52 Å². The number of pyridine rings is 1. The quantitative estimate of drug-likeness (QED) is 0.878. The molecule has 2 fully saturated rings. The van der Waals surface area contributed by atoms with E-state index in [4.69, 9.17) is 4.52 Å². The molecule has 1 saturated heterocycles. The van der Waals surface area contributed by atoms with Crippen LogP contribution in [0, 0.1) is 5.92 Å². The third kappa shape index (κ3) is 3.82. The Balaban J connectivity index is 1.25. The third-order valence-corrected chi connectivity index (χ3v) is 5.04. The van der Waals surface area contributed by atoms with E-state index in [1.807, 2.05) is 12.3 Å². The van der Waals surface area contributed by atoms with Gasteiger partial charge < -0.3 is 9.84 Å². The molecule has 1 N–H and O–H groups in total. The minimum Gasteiger partial charge on any atom is -0.338 e. The van der Waals surface area contributed by atoms with Crippen LogP contribution >= 0.6 is 0 Å². The number of rotatable bonds is 6. The second kappa shape index (κ2) is 6.99. The standard InChI is InChI=1S/C18H25N5O/c1-13-11-23(12-15-4-2-3-8-19-15)9-7-16(13)20-10-17-21-18(22-24-17)14-5-6-14/h2-4,8,13-14,16,20H,5-7,9-12H2,1H3/t13-,16-/m0/s1. The zero-order chi connectivity index (χ0) is 16.4. The summed E-state index contributed by atoms with van der Waals surface area (Å²) < 4.78 is 5.35. The molecule has 4 rings (SSSR count). The Bertz CT molecular complexity index is 654. The molecule has 1 aliphatic carbocycles. The molecule has 0 bridgehead atoms. The van der Waals surface area contributed by atoms with E-state index in [1.54, 1.807) is 0 Å². The Morgan fingerprint density at radius 1 is 1.29 bits per heavy atom. The molecule has 2 aromatic heterocycles. The van der Waals surface area contributed by atoms with Crippen LogP contribution in [-0.4, -0.2) is 39.2 Å². The summed E-state index contributed by atoms with van der Waals surface area (Å²) in [6.45, 7) is 6.11. The van der Waals surface area contributed by atoms with Gasteiger partial charge in [-0.3, -0.25) is 9.88 Å². The minimum atomic E-state index is 0.501. The van der Waals surface area contributed by atoms with Crippen LogP contribution in [0.3, 0.4) is 0 Å². The predicted molar refractivity (Wildman–Crippen MR) is 90.2 cm³/mol. The molecule has 2 aromatic rings. The summed E-state index contributed by atoms with van der Waals surface area (Å²) in [4.78, 5) is 11.4. The Labute approximate surface area is 142 Å². The summed E-state index contributed by atoms with van der Waals surface area (Å²) in [5, 5.41) is 7.68. The van der Waals surface area contributed by atoms with Crippen molar-refractivity contribution in [3.05, 3.63) is 41.8 Å². The molecule has 0 amide bonds. The van der Waals surface area contributed by atoms with E-state index in [9.17, 15) is 0 Å². The zero-order valence-corrected chi connectivity index (χ0v) is 14.2. The highest BCUT2D eigenvalue weighted by Crippen LogP contribution is 2.38. The topological polar surface area (TPSA) is 67.1 Å². The highest BCUT2D eigenvalue weighted by Gasteiger charge is 2.29. The second-order valence-electron chi connectivity index (χ2n) is 7.13. The number of hydrogen-bond acceptors (Lipinski definition) is 6. The van der Waals surface area contributed by atoms with E-state index >= 15 is 0 Å². The van der Waals surface area contributed by atoms with Crippen molar-refractivity contribution in [3.63, 3.8) is 0 Å². The molecular weight excluding hydrogens is 302 g/mol. The summed E-state index contributed by atoms with van der Waals surface area (Å²) >= 11 is 0. The van der Waals surface area contributed by atoms with Crippen molar-refractivity contribution in [2.24, 2.45) is 5.92 Å². The SMILES string of the molecule is C[C@H]1CN(Cc2ccccn2)CC[C@@H]1NCc1nc(C2CC2)no1. The van der Waals surface area contributed by atoms with Crippen molar-refractivity contribution in [2.45, 2.75) is 51.2 Å². The van der Waals surface area contributed by atoms with Gasteiger partial charge in [-0.15, -0.1) is 0 Å². The van der Waals surface area contributed by atoms with Crippen molar-refractivity contribution in [3.8, 4) is 0 Å². The molecule has 24 heavy (non-hydrogen) atoms. The summed E-state index contributed by atoms with van der Waals surface area (Å²) in [5.74, 6) is 2.76. The molecule has 6 nitrogen and oxygen atoms in total. The van der Waals surface area contributed by atoms with E-state index in [0.717, 1.165) is 43.5 Å². The van der Waals surface area contributed by atoms with Gasteiger partial charge >= 0.3 is 0 Å². The first-order valence-electron chi connectivity index (χ1n) is 8.96. The van der Waals surface area contributed by atoms with E-state index in [-0.39, 0.29) is 0 Å². The Morgan fingerprint density at radius 2 is 2.21 bits per heavy atom. The lowest BCUT2D eigenvalue weighted by atomic mass is 9.93. The van der Waals surface area contributed by atoms with Crippen LogP contribution < -0.4 is 5.32 Å². The lowest BCUT2D eigenvalue weighted by molar-refractivity contribution is 0.137. The molecule has 0 aromatic carbocycles. The second-order valence-corrected chi connectivity index (χ2v) is 7.13. The normalized spacial score (nSPS) is 25.0. The van der Waals surface area contributed by atoms with Crippen LogP contribution in [0.2, 0.25) is 0 Å². The highest BCUT2D eigenvalue weighted by atomic mass is 16.5. The highest BCUT2D eigenvalue weighted by molar-refractivity contribution is 5.04. The maximum atomic E-state index is 5.35. The fourth-order valence-corrected chi connectivity index (χ4v) is 3.47.